The summed E-state index contributed by atoms with van der Waals surface area (Å²) in [6.45, 7) is 10.1. The molecule has 0 saturated carbocycles. The number of carbonyl (C=O) groups is 3. The zero-order chi connectivity index (χ0) is 16.1. The quantitative estimate of drug-likeness (QED) is 0.591. The third kappa shape index (κ3) is 10.8. The number of carboxylic acids is 1. The van der Waals surface area contributed by atoms with Gasteiger partial charge in [0, 0.05) is 17.2 Å². The Morgan fingerprint density at radius 1 is 1.30 bits per heavy atom. The number of rotatable bonds is 6. The smallest absolute Gasteiger partial charge is 0.333 e. The minimum absolute atomic E-state index is 0.190. The van der Waals surface area contributed by atoms with Gasteiger partial charge < -0.3 is 14.6 Å². The van der Waals surface area contributed by atoms with Gasteiger partial charge in [-0.15, -0.1) is 0 Å². The monoisotopic (exact) mass is 284 g/mol. The number of carbonyl (C=O) groups excluding carboxylic acids is 2. The molecule has 0 heterocycles. The van der Waals surface area contributed by atoms with Crippen LogP contribution in [0.2, 0.25) is 0 Å². The fraction of sp³-hybridized carbons (Fsp3) is 0.357. The molecule has 0 aliphatic heterocycles. The highest BCUT2D eigenvalue weighted by atomic mass is 16.5. The van der Waals surface area contributed by atoms with Crippen molar-refractivity contribution >= 4 is 17.9 Å². The minimum atomic E-state index is -0.998. The second-order valence-electron chi connectivity index (χ2n) is 3.45. The molecule has 0 atom stereocenters. The van der Waals surface area contributed by atoms with Gasteiger partial charge in [-0.05, 0) is 20.3 Å². The Hall–Kier alpha value is -2.37. The number of hydrogen-bond donors (Lipinski definition) is 1. The van der Waals surface area contributed by atoms with Crippen molar-refractivity contribution in [3.63, 3.8) is 0 Å². The Labute approximate surface area is 118 Å². The van der Waals surface area contributed by atoms with Gasteiger partial charge in [-0.2, -0.15) is 0 Å². The maximum atomic E-state index is 11.0. The molecular weight excluding hydrogens is 264 g/mol. The highest BCUT2D eigenvalue weighted by Crippen LogP contribution is 2.05. The molecule has 0 aliphatic carbocycles. The van der Waals surface area contributed by atoms with Gasteiger partial charge in [0.2, 0.25) is 0 Å². The summed E-state index contributed by atoms with van der Waals surface area (Å²) in [6, 6.07) is 0. The number of allylic oxidation sites excluding steroid dienone is 1. The molecule has 0 bridgehead atoms. The third-order valence-corrected chi connectivity index (χ3v) is 1.92. The lowest BCUT2D eigenvalue weighted by Crippen LogP contribution is -2.06. The largest absolute Gasteiger partial charge is 0.478 e. The van der Waals surface area contributed by atoms with E-state index in [4.69, 9.17) is 5.11 Å². The van der Waals surface area contributed by atoms with Gasteiger partial charge >= 0.3 is 17.9 Å². The van der Waals surface area contributed by atoms with Gasteiger partial charge in [0.1, 0.15) is 0 Å². The SMILES string of the molecule is C=C(CC=C(C)C(=O)O)C(=O)OCC.C=CC(=O)OC. The van der Waals surface area contributed by atoms with Crippen molar-refractivity contribution in [2.75, 3.05) is 13.7 Å². The highest BCUT2D eigenvalue weighted by Gasteiger charge is 2.07. The molecule has 1 N–H and O–H groups in total. The van der Waals surface area contributed by atoms with Gasteiger partial charge in [-0.25, -0.2) is 14.4 Å². The Morgan fingerprint density at radius 2 is 1.85 bits per heavy atom. The fourth-order valence-corrected chi connectivity index (χ4v) is 0.763. The summed E-state index contributed by atoms with van der Waals surface area (Å²) in [6.07, 6.45) is 2.75. The predicted octanol–water partition coefficient (Wildman–Crippen LogP) is 1.87. The number of aliphatic carboxylic acids is 1. The van der Waals surface area contributed by atoms with Gasteiger partial charge in [0.05, 0.1) is 13.7 Å². The van der Waals surface area contributed by atoms with Crippen molar-refractivity contribution in [2.24, 2.45) is 0 Å². The molecule has 0 aliphatic rings. The van der Waals surface area contributed by atoms with Crippen LogP contribution in [0.3, 0.4) is 0 Å². The van der Waals surface area contributed by atoms with Crippen LogP contribution in [-0.4, -0.2) is 36.7 Å². The lowest BCUT2D eigenvalue weighted by molar-refractivity contribution is -0.138. The number of ether oxygens (including phenoxy) is 2. The Kier molecular flexibility index (Phi) is 11.7. The molecule has 0 unspecified atom stereocenters. The van der Waals surface area contributed by atoms with E-state index in [9.17, 15) is 14.4 Å². The van der Waals surface area contributed by atoms with E-state index >= 15 is 0 Å². The van der Waals surface area contributed by atoms with Crippen LogP contribution in [0.5, 0.6) is 0 Å². The molecule has 0 saturated heterocycles. The molecule has 6 nitrogen and oxygen atoms in total. The first-order chi connectivity index (χ1) is 9.29. The Bertz CT molecular complexity index is 406. The van der Waals surface area contributed by atoms with Gasteiger partial charge in [0.15, 0.2) is 0 Å². The zero-order valence-corrected chi connectivity index (χ0v) is 12.0. The van der Waals surface area contributed by atoms with Gasteiger partial charge in [-0.3, -0.25) is 0 Å². The van der Waals surface area contributed by atoms with E-state index in [1.807, 2.05) is 0 Å². The number of carboxylic acid groups (broad SMARTS) is 1. The predicted molar refractivity (Wildman–Crippen MR) is 74.0 cm³/mol. The second-order valence-corrected chi connectivity index (χ2v) is 3.45. The normalized spacial score (nSPS) is 9.65. The Balaban J connectivity index is 0. The van der Waals surface area contributed by atoms with Crippen LogP contribution in [-0.2, 0) is 23.9 Å². The second kappa shape index (κ2) is 11.7. The van der Waals surface area contributed by atoms with E-state index in [2.05, 4.69) is 22.6 Å². The molecule has 0 rings (SSSR count). The molecule has 0 aromatic rings. The molecular formula is C14H20O6. The zero-order valence-electron chi connectivity index (χ0n) is 12.0. The van der Waals surface area contributed by atoms with Crippen molar-refractivity contribution in [1.29, 1.82) is 0 Å². The van der Waals surface area contributed by atoms with Crippen molar-refractivity contribution in [2.45, 2.75) is 20.3 Å². The van der Waals surface area contributed by atoms with E-state index in [0.29, 0.717) is 6.61 Å². The average Bonchev–Trinajstić information content (AvgIpc) is 2.43. The summed E-state index contributed by atoms with van der Waals surface area (Å²) in [5.74, 6) is -1.88. The molecule has 0 fully saturated rings. The van der Waals surface area contributed by atoms with Gasteiger partial charge in [-0.1, -0.05) is 19.2 Å². The van der Waals surface area contributed by atoms with Crippen LogP contribution in [0.4, 0.5) is 0 Å². The topological polar surface area (TPSA) is 89.9 Å². The first-order valence-corrected chi connectivity index (χ1v) is 5.75. The van der Waals surface area contributed by atoms with E-state index in [1.54, 1.807) is 6.92 Å². The van der Waals surface area contributed by atoms with Crippen LogP contribution >= 0.6 is 0 Å². The van der Waals surface area contributed by atoms with Gasteiger partial charge in [0.25, 0.3) is 0 Å². The van der Waals surface area contributed by atoms with E-state index in [-0.39, 0.29) is 17.6 Å². The number of hydrogen-bond acceptors (Lipinski definition) is 5. The summed E-state index contributed by atoms with van der Waals surface area (Å²) in [7, 11) is 1.31. The first kappa shape index (κ1) is 20.0. The van der Waals surface area contributed by atoms with Crippen LogP contribution in [0.25, 0.3) is 0 Å². The molecule has 20 heavy (non-hydrogen) atoms. The number of esters is 2. The summed E-state index contributed by atoms with van der Waals surface area (Å²) < 4.78 is 8.82. The molecule has 0 aromatic heterocycles. The minimum Gasteiger partial charge on any atom is -0.478 e. The van der Waals surface area contributed by atoms with Crippen LogP contribution < -0.4 is 0 Å². The van der Waals surface area contributed by atoms with Crippen molar-refractivity contribution in [3.8, 4) is 0 Å². The molecule has 0 spiro atoms. The van der Waals surface area contributed by atoms with E-state index in [1.165, 1.54) is 20.1 Å². The maximum Gasteiger partial charge on any atom is 0.333 e. The molecule has 0 radical (unpaired) electrons. The lowest BCUT2D eigenvalue weighted by Gasteiger charge is -2.02. The van der Waals surface area contributed by atoms with Crippen LogP contribution in [0, 0.1) is 0 Å². The van der Waals surface area contributed by atoms with Crippen LogP contribution in [0.1, 0.15) is 20.3 Å². The molecule has 0 amide bonds. The summed E-state index contributed by atoms with van der Waals surface area (Å²) in [5, 5.41) is 8.52. The standard InChI is InChI=1S/C10H14O4.C4H6O2/c1-4-14-10(13)8(3)6-5-7(2)9(11)12;1-3-4(5)6-2/h5H,3-4,6H2,1-2H3,(H,11,12);3H,1H2,2H3. The van der Waals surface area contributed by atoms with E-state index < -0.39 is 17.9 Å². The first-order valence-electron chi connectivity index (χ1n) is 5.75. The Morgan fingerprint density at radius 3 is 2.15 bits per heavy atom. The fourth-order valence-electron chi connectivity index (χ4n) is 0.763. The third-order valence-electron chi connectivity index (χ3n) is 1.92. The average molecular weight is 284 g/mol. The van der Waals surface area contributed by atoms with Crippen molar-refractivity contribution in [1.82, 2.24) is 0 Å². The number of methoxy groups -OCH3 is 1. The molecule has 6 heteroatoms. The maximum absolute atomic E-state index is 11.0. The molecule has 0 aromatic carbocycles. The highest BCUT2D eigenvalue weighted by molar-refractivity contribution is 5.89. The summed E-state index contributed by atoms with van der Waals surface area (Å²) >= 11 is 0. The van der Waals surface area contributed by atoms with Crippen molar-refractivity contribution < 1.29 is 29.0 Å². The summed E-state index contributed by atoms with van der Waals surface area (Å²) in [4.78, 5) is 31.3. The van der Waals surface area contributed by atoms with Crippen molar-refractivity contribution in [3.05, 3.63) is 36.5 Å². The molecule has 112 valence electrons. The van der Waals surface area contributed by atoms with Crippen LogP contribution in [0.15, 0.2) is 36.5 Å². The summed E-state index contributed by atoms with van der Waals surface area (Å²) in [5.41, 5.74) is 0.447. The lowest BCUT2D eigenvalue weighted by atomic mass is 10.1. The van der Waals surface area contributed by atoms with E-state index in [0.717, 1.165) is 6.08 Å².